The minimum Gasteiger partial charge on any atom is -0.496 e. The van der Waals surface area contributed by atoms with Crippen molar-refractivity contribution in [3.8, 4) is 17.0 Å². The van der Waals surface area contributed by atoms with E-state index in [1.807, 2.05) is 37.3 Å². The van der Waals surface area contributed by atoms with Crippen LogP contribution in [0.15, 0.2) is 48.5 Å². The summed E-state index contributed by atoms with van der Waals surface area (Å²) in [6.45, 7) is 6.04. The molecular formula is C25H27N3O4. The molecular weight excluding hydrogens is 406 g/mol. The number of pyridine rings is 1. The van der Waals surface area contributed by atoms with Gasteiger partial charge in [-0.3, -0.25) is 4.79 Å². The average Bonchev–Trinajstić information content (AvgIpc) is 2.83. The fourth-order valence-corrected chi connectivity index (χ4v) is 3.86. The molecule has 1 aliphatic heterocycles. The lowest BCUT2D eigenvalue weighted by Gasteiger charge is -2.34. The van der Waals surface area contributed by atoms with Gasteiger partial charge in [0.1, 0.15) is 5.75 Å². The number of aromatic nitrogens is 1. The number of ether oxygens (including phenoxy) is 2. The zero-order valence-electron chi connectivity index (χ0n) is 18.6. The molecule has 0 aliphatic carbocycles. The molecule has 2 heterocycles. The maximum absolute atomic E-state index is 13.1. The van der Waals surface area contributed by atoms with Crippen LogP contribution in [-0.4, -0.2) is 66.7 Å². The van der Waals surface area contributed by atoms with Gasteiger partial charge in [0.15, 0.2) is 0 Å². The maximum Gasteiger partial charge on any atom is 0.409 e. The van der Waals surface area contributed by atoms with Crippen molar-refractivity contribution in [3.63, 3.8) is 0 Å². The lowest BCUT2D eigenvalue weighted by molar-refractivity contribution is 0.0570. The predicted octanol–water partition coefficient (Wildman–Crippen LogP) is 4.13. The van der Waals surface area contributed by atoms with Crippen molar-refractivity contribution in [1.29, 1.82) is 0 Å². The molecule has 0 atom stereocenters. The first-order valence-corrected chi connectivity index (χ1v) is 10.8. The molecule has 32 heavy (non-hydrogen) atoms. The molecule has 2 aromatic carbocycles. The first-order chi connectivity index (χ1) is 15.5. The van der Waals surface area contributed by atoms with Crippen LogP contribution in [0.2, 0.25) is 0 Å². The minimum atomic E-state index is -0.328. The van der Waals surface area contributed by atoms with Crippen molar-refractivity contribution < 1.29 is 19.1 Å². The molecule has 1 aliphatic rings. The van der Waals surface area contributed by atoms with Gasteiger partial charge < -0.3 is 19.3 Å². The number of aryl methyl sites for hydroxylation is 1. The fraction of sp³-hybridized carbons (Fsp3) is 0.320. The predicted molar refractivity (Wildman–Crippen MR) is 123 cm³/mol. The molecule has 1 saturated heterocycles. The highest BCUT2D eigenvalue weighted by atomic mass is 16.6. The smallest absolute Gasteiger partial charge is 0.409 e. The van der Waals surface area contributed by atoms with E-state index in [0.717, 1.165) is 22.2 Å². The second-order valence-electron chi connectivity index (χ2n) is 7.79. The first-order valence-electron chi connectivity index (χ1n) is 10.8. The van der Waals surface area contributed by atoms with Crippen LogP contribution in [-0.2, 0) is 4.74 Å². The van der Waals surface area contributed by atoms with E-state index in [-0.39, 0.29) is 12.0 Å². The number of methoxy groups -OCH3 is 1. The summed E-state index contributed by atoms with van der Waals surface area (Å²) < 4.78 is 10.7. The summed E-state index contributed by atoms with van der Waals surface area (Å²) in [5.74, 6) is 0.604. The van der Waals surface area contributed by atoms with Gasteiger partial charge in [-0.1, -0.05) is 29.8 Å². The molecule has 7 heteroatoms. The van der Waals surface area contributed by atoms with Crippen LogP contribution in [0.1, 0.15) is 22.8 Å². The molecule has 0 radical (unpaired) electrons. The molecule has 1 aromatic heterocycles. The number of rotatable bonds is 4. The number of benzene rings is 2. The molecule has 0 spiro atoms. The quantitative estimate of drug-likeness (QED) is 0.619. The highest BCUT2D eigenvalue weighted by Crippen LogP contribution is 2.31. The van der Waals surface area contributed by atoms with Gasteiger partial charge in [0.2, 0.25) is 0 Å². The van der Waals surface area contributed by atoms with Gasteiger partial charge in [0.05, 0.1) is 24.9 Å². The van der Waals surface area contributed by atoms with Gasteiger partial charge >= 0.3 is 6.09 Å². The van der Waals surface area contributed by atoms with Crippen molar-refractivity contribution in [2.24, 2.45) is 0 Å². The van der Waals surface area contributed by atoms with Gasteiger partial charge in [-0.15, -0.1) is 0 Å². The fourth-order valence-electron chi connectivity index (χ4n) is 3.86. The van der Waals surface area contributed by atoms with Gasteiger partial charge in [-0.25, -0.2) is 9.78 Å². The highest BCUT2D eigenvalue weighted by Gasteiger charge is 2.26. The maximum atomic E-state index is 13.1. The van der Waals surface area contributed by atoms with Crippen molar-refractivity contribution in [2.45, 2.75) is 13.8 Å². The third-order valence-electron chi connectivity index (χ3n) is 5.68. The van der Waals surface area contributed by atoms with Crippen molar-refractivity contribution >= 4 is 22.9 Å². The average molecular weight is 434 g/mol. The number of piperazine rings is 1. The molecule has 7 nitrogen and oxygen atoms in total. The zero-order valence-corrected chi connectivity index (χ0v) is 18.6. The number of nitrogens with zero attached hydrogens (tertiary/aromatic N) is 3. The summed E-state index contributed by atoms with van der Waals surface area (Å²) in [6.07, 6.45) is -0.328. The topological polar surface area (TPSA) is 72.0 Å². The van der Waals surface area contributed by atoms with Crippen molar-refractivity contribution in [2.75, 3.05) is 39.9 Å². The molecule has 2 amide bonds. The van der Waals surface area contributed by atoms with Crippen LogP contribution >= 0.6 is 0 Å². The Morgan fingerprint density at radius 1 is 0.969 bits per heavy atom. The summed E-state index contributed by atoms with van der Waals surface area (Å²) in [4.78, 5) is 33.2. The molecule has 3 aromatic rings. The van der Waals surface area contributed by atoms with Crippen molar-refractivity contribution in [1.82, 2.24) is 14.8 Å². The standard InChI is InChI=1S/C25H27N3O4/c1-4-32-25(30)28-13-11-27(12-14-28)24(29)19-9-10-21-20(15-19)23(31-3)16-22(26-21)18-7-5-17(2)6-8-18/h5-10,15-16H,4,11-14H2,1-3H3. The van der Waals surface area contributed by atoms with Gasteiger partial charge in [-0.2, -0.15) is 0 Å². The largest absolute Gasteiger partial charge is 0.496 e. The Morgan fingerprint density at radius 2 is 1.66 bits per heavy atom. The SMILES string of the molecule is CCOC(=O)N1CCN(C(=O)c2ccc3nc(-c4ccc(C)cc4)cc(OC)c3c2)CC1. The number of amides is 2. The number of carbonyl (C=O) groups is 2. The molecule has 1 fully saturated rings. The number of hydrogen-bond donors (Lipinski definition) is 0. The molecule has 166 valence electrons. The third-order valence-corrected chi connectivity index (χ3v) is 5.68. The van der Waals surface area contributed by atoms with Gasteiger partial charge in [-0.05, 0) is 32.0 Å². The van der Waals surface area contributed by atoms with Crippen molar-refractivity contribution in [3.05, 3.63) is 59.7 Å². The van der Waals surface area contributed by atoms with Crippen LogP contribution in [0.25, 0.3) is 22.2 Å². The Kier molecular flexibility index (Phi) is 6.25. The normalized spacial score (nSPS) is 13.8. The monoisotopic (exact) mass is 433 g/mol. The van der Waals surface area contributed by atoms with E-state index in [1.54, 1.807) is 29.9 Å². The number of carbonyl (C=O) groups excluding carboxylic acids is 2. The minimum absolute atomic E-state index is 0.0694. The van der Waals surface area contributed by atoms with E-state index in [2.05, 4.69) is 12.1 Å². The van der Waals surface area contributed by atoms with Crippen LogP contribution in [0.5, 0.6) is 5.75 Å². The Balaban J connectivity index is 1.57. The Bertz CT molecular complexity index is 1140. The van der Waals surface area contributed by atoms with Crippen LogP contribution < -0.4 is 4.74 Å². The summed E-state index contributed by atoms with van der Waals surface area (Å²) in [5, 5.41) is 0.791. The van der Waals surface area contributed by atoms with E-state index in [1.165, 1.54) is 5.56 Å². The van der Waals surface area contributed by atoms with E-state index >= 15 is 0 Å². The van der Waals surface area contributed by atoms with Crippen LogP contribution in [0.4, 0.5) is 4.79 Å². The highest BCUT2D eigenvalue weighted by molar-refractivity contribution is 6.00. The number of fused-ring (bicyclic) bond motifs is 1. The summed E-state index contributed by atoms with van der Waals surface area (Å²) >= 11 is 0. The summed E-state index contributed by atoms with van der Waals surface area (Å²) in [7, 11) is 1.62. The van der Waals surface area contributed by atoms with Crippen LogP contribution in [0, 0.1) is 6.92 Å². The van der Waals surface area contributed by atoms with E-state index in [9.17, 15) is 9.59 Å². The molecule has 0 unspecified atom stereocenters. The Hall–Kier alpha value is -3.61. The second-order valence-corrected chi connectivity index (χ2v) is 7.79. The Morgan fingerprint density at radius 3 is 2.31 bits per heavy atom. The molecule has 0 saturated carbocycles. The summed E-state index contributed by atoms with van der Waals surface area (Å²) in [6, 6.07) is 15.6. The van der Waals surface area contributed by atoms with E-state index < -0.39 is 0 Å². The molecule has 0 N–H and O–H groups in total. The summed E-state index contributed by atoms with van der Waals surface area (Å²) in [5.41, 5.74) is 4.36. The zero-order chi connectivity index (χ0) is 22.7. The lowest BCUT2D eigenvalue weighted by atomic mass is 10.0. The van der Waals surface area contributed by atoms with Gasteiger partial charge in [0, 0.05) is 48.8 Å². The van der Waals surface area contributed by atoms with E-state index in [4.69, 9.17) is 14.5 Å². The second kappa shape index (κ2) is 9.26. The third kappa shape index (κ3) is 4.37. The van der Waals surface area contributed by atoms with Crippen LogP contribution in [0.3, 0.4) is 0 Å². The lowest BCUT2D eigenvalue weighted by Crippen LogP contribution is -2.50. The van der Waals surface area contributed by atoms with Gasteiger partial charge in [0.25, 0.3) is 5.91 Å². The van der Waals surface area contributed by atoms with E-state index in [0.29, 0.717) is 44.1 Å². The number of hydrogen-bond acceptors (Lipinski definition) is 5. The first kappa shape index (κ1) is 21.6. The Labute approximate surface area is 187 Å². The molecule has 4 rings (SSSR count). The molecule has 0 bridgehead atoms.